The molecule has 1 atom stereocenters. The van der Waals surface area contributed by atoms with Gasteiger partial charge in [0, 0.05) is 12.3 Å². The molecule has 0 aliphatic rings. The summed E-state index contributed by atoms with van der Waals surface area (Å²) in [6, 6.07) is 10.9. The summed E-state index contributed by atoms with van der Waals surface area (Å²) in [6.07, 6.45) is -2.91. The van der Waals surface area contributed by atoms with Crippen molar-refractivity contribution in [3.8, 4) is 23.3 Å². The van der Waals surface area contributed by atoms with Crippen molar-refractivity contribution in [2.24, 2.45) is 0 Å². The molecule has 2 aromatic carbocycles. The second-order valence-electron chi connectivity index (χ2n) is 6.12. The Kier molecular flexibility index (Phi) is 8.07. The number of rotatable bonds is 8. The molecule has 0 radical (unpaired) electrons. The van der Waals surface area contributed by atoms with Crippen molar-refractivity contribution in [1.82, 2.24) is 0 Å². The van der Waals surface area contributed by atoms with Gasteiger partial charge in [-0.3, -0.25) is 0 Å². The van der Waals surface area contributed by atoms with Gasteiger partial charge in [0.25, 0.3) is 0 Å². The van der Waals surface area contributed by atoms with Crippen molar-refractivity contribution in [3.63, 3.8) is 0 Å². The van der Waals surface area contributed by atoms with Gasteiger partial charge in [0.1, 0.15) is 11.5 Å². The summed E-state index contributed by atoms with van der Waals surface area (Å²) in [4.78, 5) is 0. The lowest BCUT2D eigenvalue weighted by Crippen LogP contribution is -2.07. The lowest BCUT2D eigenvalue weighted by molar-refractivity contribution is -0.137. The van der Waals surface area contributed by atoms with Gasteiger partial charge < -0.3 is 9.47 Å². The monoisotopic (exact) mass is 410 g/mol. The average Bonchev–Trinajstić information content (AvgIpc) is 2.66. The van der Waals surface area contributed by atoms with Crippen molar-refractivity contribution in [1.29, 1.82) is 0 Å². The van der Waals surface area contributed by atoms with Crippen molar-refractivity contribution in [2.45, 2.75) is 38.8 Å². The van der Waals surface area contributed by atoms with Gasteiger partial charge in [-0.2, -0.15) is 13.2 Å². The second-order valence-corrected chi connectivity index (χ2v) is 6.52. The normalized spacial score (nSPS) is 12.1. The molecule has 0 saturated heterocycles. The number of halogens is 4. The topological polar surface area (TPSA) is 18.5 Å². The van der Waals surface area contributed by atoms with Crippen LogP contribution in [0.1, 0.15) is 43.7 Å². The van der Waals surface area contributed by atoms with Crippen molar-refractivity contribution >= 4 is 11.6 Å². The van der Waals surface area contributed by atoms with E-state index >= 15 is 0 Å². The van der Waals surface area contributed by atoms with Crippen LogP contribution in [0, 0.1) is 11.8 Å². The highest BCUT2D eigenvalue weighted by Crippen LogP contribution is 2.34. The van der Waals surface area contributed by atoms with Gasteiger partial charge in [0.15, 0.2) is 0 Å². The second kappa shape index (κ2) is 10.3. The minimum Gasteiger partial charge on any atom is -0.493 e. The molecular weight excluding hydrogens is 389 g/mol. The maximum atomic E-state index is 12.6. The highest BCUT2D eigenvalue weighted by molar-refractivity contribution is 6.32. The molecule has 0 heterocycles. The minimum atomic E-state index is -4.42. The van der Waals surface area contributed by atoms with E-state index < -0.39 is 11.7 Å². The van der Waals surface area contributed by atoms with Gasteiger partial charge in [0.2, 0.25) is 0 Å². The first-order chi connectivity index (χ1) is 13.3. The van der Waals surface area contributed by atoms with Crippen LogP contribution >= 0.6 is 11.6 Å². The molecule has 0 amide bonds. The van der Waals surface area contributed by atoms with Crippen molar-refractivity contribution in [3.05, 3.63) is 58.6 Å². The summed E-state index contributed by atoms with van der Waals surface area (Å²) in [5, 5.41) is -0.0630. The summed E-state index contributed by atoms with van der Waals surface area (Å²) in [6.45, 7) is 4.64. The number of benzene rings is 2. The minimum absolute atomic E-state index is 0.0630. The zero-order valence-corrected chi connectivity index (χ0v) is 16.5. The number of alkyl halides is 3. The Bertz CT molecular complexity index is 820. The third-order valence-corrected chi connectivity index (χ3v) is 4.38. The molecule has 2 aromatic rings. The molecule has 2 nitrogen and oxygen atoms in total. The van der Waals surface area contributed by atoms with Crippen LogP contribution in [0.3, 0.4) is 0 Å². The Balaban J connectivity index is 1.78. The summed E-state index contributed by atoms with van der Waals surface area (Å²) in [5.41, 5.74) is 0.358. The fraction of sp³-hybridized carbons (Fsp3) is 0.364. The molecule has 28 heavy (non-hydrogen) atoms. The van der Waals surface area contributed by atoms with Crippen LogP contribution in [0.5, 0.6) is 11.5 Å². The molecule has 1 unspecified atom stereocenters. The first kappa shape index (κ1) is 22.0. The number of ether oxygens (including phenoxy) is 2. The predicted octanol–water partition coefficient (Wildman–Crippen LogP) is 6.72. The molecule has 0 spiro atoms. The highest BCUT2D eigenvalue weighted by atomic mass is 35.5. The fourth-order valence-electron chi connectivity index (χ4n) is 2.62. The summed E-state index contributed by atoms with van der Waals surface area (Å²) in [7, 11) is 0. The zero-order chi connectivity index (χ0) is 20.6. The van der Waals surface area contributed by atoms with E-state index in [-0.39, 0.29) is 23.3 Å². The maximum Gasteiger partial charge on any atom is 0.416 e. The quantitative estimate of drug-likeness (QED) is 0.355. The standard InChI is InChI=1S/C22H22ClF3O2/c1-3-6-16(4-2)17-7-10-19(11-8-17)27-13-5-14-28-21-12-9-18(15-20(21)23)22(24,25)26/h7-12,15-16H,4-5,13-14H2,1-2H3. The van der Waals surface area contributed by atoms with Gasteiger partial charge in [-0.25, -0.2) is 0 Å². The molecule has 150 valence electrons. The smallest absolute Gasteiger partial charge is 0.416 e. The zero-order valence-electron chi connectivity index (χ0n) is 15.8. The van der Waals surface area contributed by atoms with Crippen LogP contribution in [0.25, 0.3) is 0 Å². The third-order valence-electron chi connectivity index (χ3n) is 4.08. The van der Waals surface area contributed by atoms with E-state index in [0.717, 1.165) is 29.9 Å². The van der Waals surface area contributed by atoms with Crippen molar-refractivity contribution < 1.29 is 22.6 Å². The average molecular weight is 411 g/mol. The van der Waals surface area contributed by atoms with E-state index in [4.69, 9.17) is 21.1 Å². The Morgan fingerprint density at radius 3 is 2.29 bits per heavy atom. The Morgan fingerprint density at radius 1 is 1.04 bits per heavy atom. The first-order valence-corrected chi connectivity index (χ1v) is 9.37. The van der Waals surface area contributed by atoms with E-state index in [2.05, 4.69) is 18.8 Å². The highest BCUT2D eigenvalue weighted by Gasteiger charge is 2.31. The first-order valence-electron chi connectivity index (χ1n) is 8.99. The van der Waals surface area contributed by atoms with Gasteiger partial charge in [0.05, 0.1) is 23.8 Å². The molecular formula is C22H22ClF3O2. The van der Waals surface area contributed by atoms with Crippen LogP contribution in [-0.2, 0) is 6.18 Å². The van der Waals surface area contributed by atoms with Gasteiger partial charge in [-0.1, -0.05) is 36.6 Å². The van der Waals surface area contributed by atoms with Gasteiger partial charge >= 0.3 is 6.18 Å². The maximum absolute atomic E-state index is 12.6. The lowest BCUT2D eigenvalue weighted by Gasteiger charge is -2.12. The van der Waals surface area contributed by atoms with Crippen LogP contribution in [0.15, 0.2) is 42.5 Å². The number of hydrogen-bond acceptors (Lipinski definition) is 2. The predicted molar refractivity (Wildman–Crippen MR) is 105 cm³/mol. The fourth-order valence-corrected chi connectivity index (χ4v) is 2.85. The van der Waals surface area contributed by atoms with Crippen LogP contribution in [0.2, 0.25) is 5.02 Å². The summed E-state index contributed by atoms with van der Waals surface area (Å²) < 4.78 is 49.0. The molecule has 0 aliphatic heterocycles. The third kappa shape index (κ3) is 6.38. The van der Waals surface area contributed by atoms with Crippen LogP contribution in [0.4, 0.5) is 13.2 Å². The van der Waals surface area contributed by atoms with Gasteiger partial charge in [-0.15, -0.1) is 5.92 Å². The Hall–Kier alpha value is -2.32. The molecule has 0 aromatic heterocycles. The summed E-state index contributed by atoms with van der Waals surface area (Å²) in [5.74, 6) is 7.32. The molecule has 0 fully saturated rings. The van der Waals surface area contributed by atoms with Crippen LogP contribution in [-0.4, -0.2) is 13.2 Å². The van der Waals surface area contributed by atoms with Crippen molar-refractivity contribution in [2.75, 3.05) is 13.2 Å². The molecule has 0 N–H and O–H groups in total. The lowest BCUT2D eigenvalue weighted by atomic mass is 9.97. The van der Waals surface area contributed by atoms with E-state index in [1.54, 1.807) is 0 Å². The summed E-state index contributed by atoms with van der Waals surface area (Å²) >= 11 is 5.85. The number of hydrogen-bond donors (Lipinski definition) is 0. The van der Waals surface area contributed by atoms with E-state index in [1.165, 1.54) is 6.07 Å². The van der Waals surface area contributed by atoms with Gasteiger partial charge in [-0.05, 0) is 49.2 Å². The van der Waals surface area contributed by atoms with E-state index in [9.17, 15) is 13.2 Å². The van der Waals surface area contributed by atoms with Crippen LogP contribution < -0.4 is 9.47 Å². The molecule has 2 rings (SSSR count). The Labute approximate surface area is 168 Å². The Morgan fingerprint density at radius 2 is 1.71 bits per heavy atom. The molecule has 0 aliphatic carbocycles. The molecule has 6 heteroatoms. The molecule has 0 bridgehead atoms. The molecule has 0 saturated carbocycles. The van der Waals surface area contributed by atoms with E-state index in [0.29, 0.717) is 13.0 Å². The van der Waals surface area contributed by atoms with E-state index in [1.807, 2.05) is 31.2 Å². The SMILES string of the molecule is CC#CC(CC)c1ccc(OCCCOc2ccc(C(F)(F)F)cc2Cl)cc1. The largest absolute Gasteiger partial charge is 0.493 e.